The minimum atomic E-state index is 0.270. The molecule has 2 N–H and O–H groups in total. The molecule has 7 nitrogen and oxygen atoms in total. The van der Waals surface area contributed by atoms with Crippen molar-refractivity contribution in [2.24, 2.45) is 0 Å². The Labute approximate surface area is 167 Å². The first-order valence-electron chi connectivity index (χ1n) is 10.9. The monoisotopic (exact) mass is 386 g/mol. The second-order valence-electron chi connectivity index (χ2n) is 8.27. The molecule has 0 amide bonds. The number of quaternary nitrogens is 2. The molecule has 2 aliphatic heterocycles. The summed E-state index contributed by atoms with van der Waals surface area (Å²) in [6, 6.07) is 11.2. The van der Waals surface area contributed by atoms with Crippen LogP contribution in [0.5, 0.6) is 0 Å². The van der Waals surface area contributed by atoms with Gasteiger partial charge in [-0.1, -0.05) is 43.7 Å². The Hall–Kier alpha value is -1.83. The Morgan fingerprint density at radius 1 is 1.18 bits per heavy atom. The molecule has 4 rings (SSSR count). The lowest BCUT2D eigenvalue weighted by Crippen LogP contribution is -3.27. The van der Waals surface area contributed by atoms with Crippen molar-refractivity contribution < 1.29 is 14.5 Å². The molecule has 7 heteroatoms. The molecule has 2 saturated heterocycles. The van der Waals surface area contributed by atoms with E-state index in [9.17, 15) is 0 Å². The molecule has 1 aromatic heterocycles. The highest BCUT2D eigenvalue weighted by molar-refractivity contribution is 5.13. The number of aromatic nitrogens is 4. The van der Waals surface area contributed by atoms with Crippen molar-refractivity contribution in [2.45, 2.75) is 57.8 Å². The van der Waals surface area contributed by atoms with Crippen LogP contribution in [0.1, 0.15) is 50.0 Å². The number of benzene rings is 1. The zero-order chi connectivity index (χ0) is 19.2. The van der Waals surface area contributed by atoms with Gasteiger partial charge in [0.2, 0.25) is 5.82 Å². The van der Waals surface area contributed by atoms with Gasteiger partial charge in [-0.2, -0.15) is 0 Å². The Morgan fingerprint density at radius 3 is 2.71 bits per heavy atom. The van der Waals surface area contributed by atoms with Crippen molar-refractivity contribution in [3.63, 3.8) is 0 Å². The van der Waals surface area contributed by atoms with Gasteiger partial charge in [-0.05, 0) is 23.3 Å². The van der Waals surface area contributed by atoms with E-state index in [2.05, 4.69) is 52.8 Å². The van der Waals surface area contributed by atoms with E-state index in [0.29, 0.717) is 6.04 Å². The van der Waals surface area contributed by atoms with Crippen molar-refractivity contribution in [1.29, 1.82) is 0 Å². The molecule has 152 valence electrons. The number of rotatable bonds is 8. The van der Waals surface area contributed by atoms with E-state index in [-0.39, 0.29) is 6.10 Å². The van der Waals surface area contributed by atoms with Crippen molar-refractivity contribution in [3.8, 4) is 0 Å². The second kappa shape index (κ2) is 9.58. The predicted octanol–water partition coefficient (Wildman–Crippen LogP) is -0.323. The van der Waals surface area contributed by atoms with Gasteiger partial charge in [0.25, 0.3) is 0 Å². The summed E-state index contributed by atoms with van der Waals surface area (Å²) in [5, 5.41) is 12.8. The van der Waals surface area contributed by atoms with Crippen molar-refractivity contribution >= 4 is 0 Å². The smallest absolute Gasteiger partial charge is 0.209 e. The fourth-order valence-electron chi connectivity index (χ4n) is 4.71. The van der Waals surface area contributed by atoms with Crippen molar-refractivity contribution in [1.82, 2.24) is 20.2 Å². The fraction of sp³-hybridized carbons (Fsp3) is 0.667. The minimum absolute atomic E-state index is 0.270. The second-order valence-corrected chi connectivity index (χ2v) is 8.27. The van der Waals surface area contributed by atoms with Crippen LogP contribution < -0.4 is 9.80 Å². The van der Waals surface area contributed by atoms with Gasteiger partial charge in [-0.15, -0.1) is 5.10 Å². The summed E-state index contributed by atoms with van der Waals surface area (Å²) >= 11 is 0. The molecule has 0 spiro atoms. The molecular weight excluding hydrogens is 352 g/mol. The number of nitrogens with one attached hydrogen (secondary N) is 2. The molecule has 0 saturated carbocycles. The molecule has 0 radical (unpaired) electrons. The Morgan fingerprint density at radius 2 is 2.00 bits per heavy atom. The van der Waals surface area contributed by atoms with E-state index >= 15 is 0 Å². The SMILES string of the molecule is CCC[C@@H](c1nnnn1C[C@@H]1CCCO1)[NH+]1CC[NH+](Cc2ccccc2)CC1. The largest absolute Gasteiger partial charge is 0.376 e. The number of piperazine rings is 1. The van der Waals surface area contributed by atoms with Crippen LogP contribution in [0, 0.1) is 0 Å². The third-order valence-corrected chi connectivity index (χ3v) is 6.24. The molecule has 28 heavy (non-hydrogen) atoms. The number of nitrogens with zero attached hydrogens (tertiary/aromatic N) is 4. The van der Waals surface area contributed by atoms with Crippen molar-refractivity contribution in [3.05, 3.63) is 41.7 Å². The van der Waals surface area contributed by atoms with E-state index in [1.807, 2.05) is 4.68 Å². The molecule has 1 aromatic carbocycles. The molecule has 2 fully saturated rings. The summed E-state index contributed by atoms with van der Waals surface area (Å²) in [7, 11) is 0. The molecule has 0 aliphatic carbocycles. The van der Waals surface area contributed by atoms with Crippen LogP contribution in [0.15, 0.2) is 30.3 Å². The van der Waals surface area contributed by atoms with Gasteiger partial charge >= 0.3 is 0 Å². The normalized spacial score (nSPS) is 26.4. The van der Waals surface area contributed by atoms with E-state index < -0.39 is 0 Å². The molecule has 0 unspecified atom stereocenters. The molecular formula is C21H34N6O+2. The number of hydrogen-bond donors (Lipinski definition) is 2. The number of ether oxygens (including phenoxy) is 1. The van der Waals surface area contributed by atoms with E-state index in [0.717, 1.165) is 51.2 Å². The third kappa shape index (κ3) is 4.77. The first-order chi connectivity index (χ1) is 13.8. The van der Waals surface area contributed by atoms with Crippen molar-refractivity contribution in [2.75, 3.05) is 32.8 Å². The highest BCUT2D eigenvalue weighted by Gasteiger charge is 2.34. The maximum atomic E-state index is 5.81. The average Bonchev–Trinajstić information content (AvgIpc) is 3.40. The molecule has 2 aliphatic rings. The van der Waals surface area contributed by atoms with Crippen LogP contribution in [0.3, 0.4) is 0 Å². The maximum Gasteiger partial charge on any atom is 0.209 e. The van der Waals surface area contributed by atoms with Gasteiger partial charge in [-0.25, -0.2) is 4.68 Å². The molecule has 0 bridgehead atoms. The quantitative estimate of drug-likeness (QED) is 0.653. The zero-order valence-electron chi connectivity index (χ0n) is 17.0. The topological polar surface area (TPSA) is 61.7 Å². The van der Waals surface area contributed by atoms with E-state index in [1.54, 1.807) is 9.80 Å². The Bertz CT molecular complexity index is 707. The molecule has 3 heterocycles. The van der Waals surface area contributed by atoms with E-state index in [4.69, 9.17) is 4.74 Å². The maximum absolute atomic E-state index is 5.81. The van der Waals surface area contributed by atoms with Crippen LogP contribution in [0.4, 0.5) is 0 Å². The zero-order valence-corrected chi connectivity index (χ0v) is 17.0. The van der Waals surface area contributed by atoms with Crippen LogP contribution in [-0.2, 0) is 17.8 Å². The predicted molar refractivity (Wildman–Crippen MR) is 106 cm³/mol. The summed E-state index contributed by atoms with van der Waals surface area (Å²) in [4.78, 5) is 3.33. The van der Waals surface area contributed by atoms with Gasteiger partial charge in [-0.3, -0.25) is 0 Å². The van der Waals surface area contributed by atoms with Gasteiger partial charge in [0.05, 0.1) is 12.6 Å². The number of tetrazole rings is 1. The van der Waals surface area contributed by atoms with Gasteiger partial charge in [0.1, 0.15) is 38.8 Å². The molecule has 2 aromatic rings. The van der Waals surface area contributed by atoms with Crippen LogP contribution >= 0.6 is 0 Å². The summed E-state index contributed by atoms with van der Waals surface area (Å²) in [6.45, 7) is 9.83. The average molecular weight is 387 g/mol. The lowest BCUT2D eigenvalue weighted by molar-refractivity contribution is -1.03. The lowest BCUT2D eigenvalue weighted by atomic mass is 10.1. The Balaban J connectivity index is 1.38. The highest BCUT2D eigenvalue weighted by atomic mass is 16.5. The minimum Gasteiger partial charge on any atom is -0.376 e. The van der Waals surface area contributed by atoms with Crippen LogP contribution in [-0.4, -0.2) is 59.1 Å². The van der Waals surface area contributed by atoms with Gasteiger partial charge in [0.15, 0.2) is 0 Å². The standard InChI is InChI=1S/C21H32N6O/c1-2-7-20(21-22-23-24-27(21)17-19-10-6-15-28-19)26-13-11-25(12-14-26)16-18-8-4-3-5-9-18/h3-5,8-9,19-20H,2,6-7,10-17H2,1H3/p+2/t19-,20-/m0/s1. The lowest BCUT2D eigenvalue weighted by Gasteiger charge is -2.34. The van der Waals surface area contributed by atoms with Gasteiger partial charge in [0, 0.05) is 18.6 Å². The van der Waals surface area contributed by atoms with Gasteiger partial charge < -0.3 is 14.5 Å². The summed E-state index contributed by atoms with van der Waals surface area (Å²) in [5.74, 6) is 1.05. The Kier molecular flexibility index (Phi) is 6.67. The number of hydrogen-bond acceptors (Lipinski definition) is 4. The highest BCUT2D eigenvalue weighted by Crippen LogP contribution is 2.17. The summed E-state index contributed by atoms with van der Waals surface area (Å²) in [6.07, 6.45) is 4.83. The third-order valence-electron chi connectivity index (χ3n) is 6.24. The molecule has 2 atom stereocenters. The van der Waals surface area contributed by atoms with E-state index in [1.165, 1.54) is 31.7 Å². The first kappa shape index (κ1) is 19.5. The summed E-state index contributed by atoms with van der Waals surface area (Å²) < 4.78 is 7.83. The van der Waals surface area contributed by atoms with Crippen LogP contribution in [0.25, 0.3) is 0 Å². The van der Waals surface area contributed by atoms with Crippen LogP contribution in [0.2, 0.25) is 0 Å². The summed E-state index contributed by atoms with van der Waals surface area (Å²) in [5.41, 5.74) is 1.44. The fourth-order valence-corrected chi connectivity index (χ4v) is 4.71. The first-order valence-corrected chi connectivity index (χ1v) is 10.9.